The first-order valence-electron chi connectivity index (χ1n) is 6.23. The van der Waals surface area contributed by atoms with Crippen LogP contribution in [0.5, 0.6) is 0 Å². The Morgan fingerprint density at radius 3 is 2.74 bits per heavy atom. The summed E-state index contributed by atoms with van der Waals surface area (Å²) in [7, 11) is 0. The lowest BCUT2D eigenvalue weighted by Crippen LogP contribution is -2.09. The first-order valence-corrected chi connectivity index (χ1v) is 6.23. The molecule has 3 rings (SSSR count). The van der Waals surface area contributed by atoms with Gasteiger partial charge in [-0.05, 0) is 19.9 Å². The molecule has 0 unspecified atom stereocenters. The summed E-state index contributed by atoms with van der Waals surface area (Å²) in [6, 6.07) is 8.16. The highest BCUT2D eigenvalue weighted by molar-refractivity contribution is 6.10. The van der Waals surface area contributed by atoms with E-state index in [4.69, 9.17) is 0 Å². The van der Waals surface area contributed by atoms with E-state index in [2.05, 4.69) is 21.4 Å². The molecule has 2 N–H and O–H groups in total. The molecule has 0 saturated carbocycles. The number of benzene rings is 1. The van der Waals surface area contributed by atoms with E-state index in [1.807, 2.05) is 32.0 Å². The number of hydrogen-bond acceptors (Lipinski definition) is 2. The van der Waals surface area contributed by atoms with Crippen molar-refractivity contribution in [2.24, 2.45) is 0 Å². The zero-order valence-electron chi connectivity index (χ0n) is 11.2. The number of aromatic amines is 1. The predicted octanol–water partition coefficient (Wildman–Crippen LogP) is 3.29. The maximum Gasteiger partial charge on any atom is 0.222 e. The van der Waals surface area contributed by atoms with E-state index in [1.165, 1.54) is 12.3 Å². The van der Waals surface area contributed by atoms with Crippen LogP contribution < -0.4 is 5.32 Å². The number of anilines is 1. The molecule has 2 heterocycles. The number of fused-ring (bicyclic) bond motifs is 3. The fourth-order valence-corrected chi connectivity index (χ4v) is 2.51. The minimum absolute atomic E-state index is 0.106. The van der Waals surface area contributed by atoms with Gasteiger partial charge in [0.25, 0.3) is 0 Å². The second kappa shape index (κ2) is 4.09. The summed E-state index contributed by atoms with van der Waals surface area (Å²) in [6.07, 6.45) is 0. The topological polar surface area (TPSA) is 57.8 Å². The van der Waals surface area contributed by atoms with E-state index in [0.29, 0.717) is 5.82 Å². The minimum Gasteiger partial charge on any atom is -0.354 e. The van der Waals surface area contributed by atoms with Gasteiger partial charge < -0.3 is 10.3 Å². The van der Waals surface area contributed by atoms with Gasteiger partial charge in [-0.1, -0.05) is 18.2 Å². The van der Waals surface area contributed by atoms with Gasteiger partial charge >= 0.3 is 0 Å². The molecule has 0 aliphatic heterocycles. The van der Waals surface area contributed by atoms with Gasteiger partial charge in [0.2, 0.25) is 5.91 Å². The van der Waals surface area contributed by atoms with E-state index >= 15 is 0 Å². The Morgan fingerprint density at radius 2 is 2.00 bits per heavy atom. The number of aromatic nitrogens is 2. The molecule has 19 heavy (non-hydrogen) atoms. The van der Waals surface area contributed by atoms with Crippen molar-refractivity contribution in [2.75, 3.05) is 5.32 Å². The SMILES string of the molecule is CC(=O)Nc1nc(C)c2c([nH]c3ccccc32)c1C. The van der Waals surface area contributed by atoms with E-state index in [-0.39, 0.29) is 5.91 Å². The van der Waals surface area contributed by atoms with Crippen LogP contribution in [-0.2, 0) is 4.79 Å². The summed E-state index contributed by atoms with van der Waals surface area (Å²) in [6.45, 7) is 5.43. The molecule has 0 fully saturated rings. The van der Waals surface area contributed by atoms with Crippen molar-refractivity contribution >= 4 is 33.5 Å². The van der Waals surface area contributed by atoms with Crippen LogP contribution in [0.2, 0.25) is 0 Å². The van der Waals surface area contributed by atoms with Gasteiger partial charge in [-0.2, -0.15) is 0 Å². The average Bonchev–Trinajstić information content (AvgIpc) is 2.75. The summed E-state index contributed by atoms with van der Waals surface area (Å²) in [5.41, 5.74) is 4.01. The van der Waals surface area contributed by atoms with Crippen LogP contribution in [0.3, 0.4) is 0 Å². The summed E-state index contributed by atoms with van der Waals surface area (Å²) in [5.74, 6) is 0.523. The number of aryl methyl sites for hydroxylation is 2. The van der Waals surface area contributed by atoms with Crippen molar-refractivity contribution in [3.05, 3.63) is 35.5 Å². The van der Waals surface area contributed by atoms with Crippen molar-refractivity contribution in [2.45, 2.75) is 20.8 Å². The largest absolute Gasteiger partial charge is 0.354 e. The van der Waals surface area contributed by atoms with Crippen LogP contribution in [0.15, 0.2) is 24.3 Å². The van der Waals surface area contributed by atoms with Gasteiger partial charge in [-0.3, -0.25) is 4.79 Å². The molecule has 3 aromatic rings. The van der Waals surface area contributed by atoms with Gasteiger partial charge in [0.1, 0.15) is 5.82 Å². The summed E-state index contributed by atoms with van der Waals surface area (Å²) < 4.78 is 0. The maximum atomic E-state index is 11.2. The van der Waals surface area contributed by atoms with Crippen molar-refractivity contribution < 1.29 is 4.79 Å². The van der Waals surface area contributed by atoms with Crippen LogP contribution in [0.4, 0.5) is 5.82 Å². The van der Waals surface area contributed by atoms with Gasteiger partial charge in [0.15, 0.2) is 0 Å². The van der Waals surface area contributed by atoms with Crippen LogP contribution in [-0.4, -0.2) is 15.9 Å². The highest BCUT2D eigenvalue weighted by Gasteiger charge is 2.14. The molecule has 0 aliphatic carbocycles. The van der Waals surface area contributed by atoms with Crippen LogP contribution in [0.1, 0.15) is 18.2 Å². The zero-order chi connectivity index (χ0) is 13.6. The molecule has 0 aliphatic rings. The quantitative estimate of drug-likeness (QED) is 0.699. The molecule has 0 saturated heterocycles. The van der Waals surface area contributed by atoms with E-state index < -0.39 is 0 Å². The Hall–Kier alpha value is -2.36. The first-order chi connectivity index (χ1) is 9.08. The summed E-state index contributed by atoms with van der Waals surface area (Å²) >= 11 is 0. The number of pyridine rings is 1. The number of hydrogen-bond donors (Lipinski definition) is 2. The summed E-state index contributed by atoms with van der Waals surface area (Å²) in [4.78, 5) is 19.1. The fraction of sp³-hybridized carbons (Fsp3) is 0.200. The van der Waals surface area contributed by atoms with Crippen molar-refractivity contribution in [3.8, 4) is 0 Å². The number of amides is 1. The van der Waals surface area contributed by atoms with Crippen molar-refractivity contribution in [1.29, 1.82) is 0 Å². The van der Waals surface area contributed by atoms with Crippen LogP contribution in [0.25, 0.3) is 21.8 Å². The molecular formula is C15H15N3O. The predicted molar refractivity (Wildman–Crippen MR) is 77.4 cm³/mol. The number of rotatable bonds is 1. The minimum atomic E-state index is -0.106. The molecule has 0 atom stereocenters. The van der Waals surface area contributed by atoms with E-state index in [9.17, 15) is 4.79 Å². The lowest BCUT2D eigenvalue weighted by molar-refractivity contribution is -0.114. The normalized spacial score (nSPS) is 11.1. The molecule has 4 nitrogen and oxygen atoms in total. The fourth-order valence-electron chi connectivity index (χ4n) is 2.51. The summed E-state index contributed by atoms with van der Waals surface area (Å²) in [5, 5.41) is 5.07. The van der Waals surface area contributed by atoms with E-state index in [1.54, 1.807) is 0 Å². The van der Waals surface area contributed by atoms with E-state index in [0.717, 1.165) is 27.7 Å². The number of H-pyrrole nitrogens is 1. The third-order valence-electron chi connectivity index (χ3n) is 3.37. The lowest BCUT2D eigenvalue weighted by Gasteiger charge is -2.08. The first kappa shape index (κ1) is 11.7. The molecule has 0 spiro atoms. The molecular weight excluding hydrogens is 238 g/mol. The zero-order valence-corrected chi connectivity index (χ0v) is 11.2. The Balaban J connectivity index is 2.40. The number of carbonyl (C=O) groups excluding carboxylic acids is 1. The third kappa shape index (κ3) is 1.76. The molecule has 1 aromatic carbocycles. The molecule has 0 bridgehead atoms. The van der Waals surface area contributed by atoms with Gasteiger partial charge in [-0.25, -0.2) is 4.98 Å². The second-order valence-electron chi connectivity index (χ2n) is 4.77. The number of para-hydroxylation sites is 1. The molecule has 0 radical (unpaired) electrons. The van der Waals surface area contributed by atoms with Crippen molar-refractivity contribution in [3.63, 3.8) is 0 Å². The second-order valence-corrected chi connectivity index (χ2v) is 4.77. The molecule has 4 heteroatoms. The molecule has 96 valence electrons. The molecule has 2 aromatic heterocycles. The monoisotopic (exact) mass is 253 g/mol. The highest BCUT2D eigenvalue weighted by atomic mass is 16.1. The Labute approximate surface area is 110 Å². The standard InChI is InChI=1S/C15H15N3O/c1-8-14-13(9(2)16-15(8)17-10(3)19)11-6-4-5-7-12(11)18-14/h4-7,18H,1-3H3,(H,16,17,19). The Bertz CT molecular complexity index is 802. The number of nitrogens with one attached hydrogen (secondary N) is 2. The third-order valence-corrected chi connectivity index (χ3v) is 3.37. The average molecular weight is 253 g/mol. The van der Waals surface area contributed by atoms with Gasteiger partial charge in [0, 0.05) is 34.5 Å². The van der Waals surface area contributed by atoms with Crippen LogP contribution in [0, 0.1) is 13.8 Å². The maximum absolute atomic E-state index is 11.2. The number of carbonyl (C=O) groups is 1. The Kier molecular flexibility index (Phi) is 2.52. The smallest absolute Gasteiger partial charge is 0.222 e. The lowest BCUT2D eigenvalue weighted by atomic mass is 10.1. The Morgan fingerprint density at radius 1 is 1.26 bits per heavy atom. The van der Waals surface area contributed by atoms with Crippen LogP contribution >= 0.6 is 0 Å². The van der Waals surface area contributed by atoms with Crippen molar-refractivity contribution in [1.82, 2.24) is 9.97 Å². The highest BCUT2D eigenvalue weighted by Crippen LogP contribution is 2.32. The van der Waals surface area contributed by atoms with Gasteiger partial charge in [0.05, 0.1) is 5.52 Å². The van der Waals surface area contributed by atoms with Gasteiger partial charge in [-0.15, -0.1) is 0 Å². The number of nitrogens with zero attached hydrogens (tertiary/aromatic N) is 1. The molecule has 1 amide bonds.